The van der Waals surface area contributed by atoms with E-state index in [0.29, 0.717) is 5.69 Å². The Labute approximate surface area is 138 Å². The number of aromatic nitrogens is 2. The summed E-state index contributed by atoms with van der Waals surface area (Å²) in [5.41, 5.74) is 2.49. The van der Waals surface area contributed by atoms with E-state index in [1.165, 1.54) is 6.07 Å². The predicted octanol–water partition coefficient (Wildman–Crippen LogP) is 3.44. The lowest BCUT2D eigenvalue weighted by Crippen LogP contribution is -2.36. The van der Waals surface area contributed by atoms with Gasteiger partial charge in [-0.1, -0.05) is 12.1 Å². The average molecular weight is 335 g/mol. The molecule has 6 heteroatoms. The highest BCUT2D eigenvalue weighted by atomic mass is 32.2. The van der Waals surface area contributed by atoms with Gasteiger partial charge >= 0.3 is 0 Å². The maximum atomic E-state index is 14.1. The number of rotatable bonds is 3. The fourth-order valence-corrected chi connectivity index (χ4v) is 3.67. The van der Waals surface area contributed by atoms with Crippen molar-refractivity contribution in [1.82, 2.24) is 14.5 Å². The summed E-state index contributed by atoms with van der Waals surface area (Å²) in [6, 6.07) is 6.65. The van der Waals surface area contributed by atoms with Gasteiger partial charge in [-0.25, -0.2) is 18.0 Å². The monoisotopic (exact) mass is 335 g/mol. The van der Waals surface area contributed by atoms with Crippen molar-refractivity contribution in [2.75, 3.05) is 0 Å². The van der Waals surface area contributed by atoms with E-state index in [9.17, 15) is 8.60 Å². The standard InChI is InChI=1S/C17H22FN3OS/c1-17(2,3)23(22)20-14-8-6-10-15-12(14)11-19-21(15)16-9-5-4-7-13(16)18/h4-5,7,9,11,14,20H,6,8,10H2,1-3H3/t14-,23-/m1/s1. The fourth-order valence-electron chi connectivity index (χ4n) is 2.82. The van der Waals surface area contributed by atoms with Gasteiger partial charge in [-0.15, -0.1) is 0 Å². The maximum absolute atomic E-state index is 14.1. The number of nitrogens with zero attached hydrogens (tertiary/aromatic N) is 2. The molecule has 0 spiro atoms. The summed E-state index contributed by atoms with van der Waals surface area (Å²) >= 11 is 0. The van der Waals surface area contributed by atoms with Crippen LogP contribution in [0, 0.1) is 5.82 Å². The highest BCUT2D eigenvalue weighted by Crippen LogP contribution is 2.32. The highest BCUT2D eigenvalue weighted by molar-refractivity contribution is 7.84. The van der Waals surface area contributed by atoms with Crippen molar-refractivity contribution >= 4 is 11.0 Å². The zero-order chi connectivity index (χ0) is 16.6. The van der Waals surface area contributed by atoms with Crippen LogP contribution in [0.2, 0.25) is 0 Å². The van der Waals surface area contributed by atoms with Crippen LogP contribution in [0.4, 0.5) is 4.39 Å². The first kappa shape index (κ1) is 16.3. The summed E-state index contributed by atoms with van der Waals surface area (Å²) in [6.07, 6.45) is 4.51. The SMILES string of the molecule is CC(C)(C)[S@@](=O)N[C@@H]1CCCc2c1cnn2-c1ccccc1F. The Balaban J connectivity index is 1.93. The molecular formula is C17H22FN3OS. The zero-order valence-electron chi connectivity index (χ0n) is 13.7. The lowest BCUT2D eigenvalue weighted by molar-refractivity contribution is 0.514. The van der Waals surface area contributed by atoms with Crippen LogP contribution in [0.1, 0.15) is 50.9 Å². The topological polar surface area (TPSA) is 46.9 Å². The molecule has 23 heavy (non-hydrogen) atoms. The van der Waals surface area contributed by atoms with Crippen molar-refractivity contribution in [2.45, 2.75) is 50.8 Å². The third-order valence-electron chi connectivity index (χ3n) is 4.07. The first-order valence-electron chi connectivity index (χ1n) is 7.87. The van der Waals surface area contributed by atoms with Gasteiger partial charge in [-0.3, -0.25) is 0 Å². The van der Waals surface area contributed by atoms with E-state index < -0.39 is 11.0 Å². The molecule has 3 rings (SSSR count). The van der Waals surface area contributed by atoms with Crippen LogP contribution in [0.5, 0.6) is 0 Å². The predicted molar refractivity (Wildman–Crippen MR) is 90.2 cm³/mol. The van der Waals surface area contributed by atoms with Crippen molar-refractivity contribution in [3.05, 3.63) is 47.5 Å². The van der Waals surface area contributed by atoms with Gasteiger partial charge in [0, 0.05) is 17.3 Å². The van der Waals surface area contributed by atoms with Crippen molar-refractivity contribution in [2.24, 2.45) is 0 Å². The minimum absolute atomic E-state index is 0.000619. The van der Waals surface area contributed by atoms with Crippen LogP contribution in [-0.2, 0) is 17.4 Å². The highest BCUT2D eigenvalue weighted by Gasteiger charge is 2.29. The summed E-state index contributed by atoms with van der Waals surface area (Å²) in [6.45, 7) is 5.84. The molecule has 0 unspecified atom stereocenters. The Morgan fingerprint density at radius 2 is 2.09 bits per heavy atom. The molecule has 4 nitrogen and oxygen atoms in total. The molecule has 1 N–H and O–H groups in total. The van der Waals surface area contributed by atoms with Crippen LogP contribution >= 0.6 is 0 Å². The average Bonchev–Trinajstić information content (AvgIpc) is 2.91. The Kier molecular flexibility index (Phi) is 4.38. The number of halogens is 1. The Hall–Kier alpha value is -1.53. The molecule has 1 heterocycles. The minimum Gasteiger partial charge on any atom is -0.242 e. The van der Waals surface area contributed by atoms with Crippen LogP contribution in [0.15, 0.2) is 30.5 Å². The molecule has 1 aromatic carbocycles. The van der Waals surface area contributed by atoms with Gasteiger partial charge in [0.25, 0.3) is 0 Å². The Bertz CT molecular complexity index is 736. The molecule has 2 aromatic rings. The van der Waals surface area contributed by atoms with Crippen LogP contribution < -0.4 is 4.72 Å². The van der Waals surface area contributed by atoms with Gasteiger partial charge in [-0.2, -0.15) is 5.10 Å². The second-order valence-electron chi connectivity index (χ2n) is 6.85. The van der Waals surface area contributed by atoms with Gasteiger partial charge in [0.15, 0.2) is 0 Å². The molecule has 2 atom stereocenters. The molecule has 0 fully saturated rings. The van der Waals surface area contributed by atoms with Crippen molar-refractivity contribution in [3.63, 3.8) is 0 Å². The molecule has 0 saturated heterocycles. The molecule has 0 bridgehead atoms. The molecule has 0 radical (unpaired) electrons. The fraction of sp³-hybridized carbons (Fsp3) is 0.471. The lowest BCUT2D eigenvalue weighted by Gasteiger charge is -2.27. The second kappa shape index (κ2) is 6.17. The van der Waals surface area contributed by atoms with Gasteiger partial charge in [-0.05, 0) is 52.2 Å². The number of hydrogen-bond acceptors (Lipinski definition) is 2. The second-order valence-corrected chi connectivity index (χ2v) is 8.85. The third-order valence-corrected chi connectivity index (χ3v) is 5.68. The summed E-state index contributed by atoms with van der Waals surface area (Å²) < 4.78 is 31.0. The van der Waals surface area contributed by atoms with E-state index in [-0.39, 0.29) is 16.6 Å². The van der Waals surface area contributed by atoms with Crippen molar-refractivity contribution in [3.8, 4) is 5.69 Å². The van der Waals surface area contributed by atoms with E-state index in [0.717, 1.165) is 30.5 Å². The summed E-state index contributed by atoms with van der Waals surface area (Å²) in [5, 5.41) is 4.39. The van der Waals surface area contributed by atoms with Gasteiger partial charge < -0.3 is 0 Å². The third kappa shape index (κ3) is 3.23. The molecule has 0 aliphatic heterocycles. The number of para-hydroxylation sites is 1. The molecule has 0 saturated carbocycles. The molecule has 1 aromatic heterocycles. The Morgan fingerprint density at radius 3 is 2.78 bits per heavy atom. The first-order valence-corrected chi connectivity index (χ1v) is 9.02. The Morgan fingerprint density at radius 1 is 1.35 bits per heavy atom. The summed E-state index contributed by atoms with van der Waals surface area (Å²) in [7, 11) is -1.14. The minimum atomic E-state index is -1.14. The lowest BCUT2D eigenvalue weighted by atomic mass is 9.94. The van der Waals surface area contributed by atoms with Crippen molar-refractivity contribution < 1.29 is 8.60 Å². The summed E-state index contributed by atoms with van der Waals surface area (Å²) in [5.74, 6) is -0.285. The number of fused-ring (bicyclic) bond motifs is 1. The van der Waals surface area contributed by atoms with Crippen LogP contribution in [0.3, 0.4) is 0 Å². The number of hydrogen-bond donors (Lipinski definition) is 1. The van der Waals surface area contributed by atoms with E-state index >= 15 is 0 Å². The maximum Gasteiger partial charge on any atom is 0.148 e. The molecule has 1 aliphatic carbocycles. The van der Waals surface area contributed by atoms with E-state index in [2.05, 4.69) is 9.82 Å². The smallest absolute Gasteiger partial charge is 0.148 e. The van der Waals surface area contributed by atoms with E-state index in [1.807, 2.05) is 20.8 Å². The molecule has 124 valence electrons. The van der Waals surface area contributed by atoms with Gasteiger partial charge in [0.2, 0.25) is 0 Å². The van der Waals surface area contributed by atoms with Gasteiger partial charge in [0.1, 0.15) is 11.5 Å². The number of benzene rings is 1. The van der Waals surface area contributed by atoms with E-state index in [4.69, 9.17) is 0 Å². The largest absolute Gasteiger partial charge is 0.242 e. The molecular weight excluding hydrogens is 313 g/mol. The zero-order valence-corrected chi connectivity index (χ0v) is 14.5. The van der Waals surface area contributed by atoms with Gasteiger partial charge in [0.05, 0.1) is 21.9 Å². The summed E-state index contributed by atoms with van der Waals surface area (Å²) in [4.78, 5) is 0. The quantitative estimate of drug-likeness (QED) is 0.934. The molecule has 1 aliphatic rings. The first-order chi connectivity index (χ1) is 10.9. The number of nitrogens with one attached hydrogen (secondary N) is 1. The normalized spacial score (nSPS) is 19.4. The van der Waals surface area contributed by atoms with E-state index in [1.54, 1.807) is 29.1 Å². The van der Waals surface area contributed by atoms with Crippen LogP contribution in [0.25, 0.3) is 5.69 Å². The molecule has 0 amide bonds. The van der Waals surface area contributed by atoms with Crippen LogP contribution in [-0.4, -0.2) is 18.7 Å². The van der Waals surface area contributed by atoms with Crippen molar-refractivity contribution in [1.29, 1.82) is 0 Å².